The molecule has 0 aromatic heterocycles. The zero-order valence-corrected chi connectivity index (χ0v) is 18.9. The van der Waals surface area contributed by atoms with E-state index in [1.165, 1.54) is 7.11 Å². The van der Waals surface area contributed by atoms with Gasteiger partial charge in [-0.1, -0.05) is 13.0 Å². The number of fused-ring (bicyclic) bond motifs is 1. The average molecular weight is 442 g/mol. The Morgan fingerprint density at radius 2 is 1.94 bits per heavy atom. The maximum Gasteiger partial charge on any atom is 0.223 e. The summed E-state index contributed by atoms with van der Waals surface area (Å²) >= 11 is 0. The summed E-state index contributed by atoms with van der Waals surface area (Å²) in [6.45, 7) is 4.69. The zero-order chi connectivity index (χ0) is 22.7. The summed E-state index contributed by atoms with van der Waals surface area (Å²) in [5, 5.41) is 10.9. The number of rotatable bonds is 6. The first-order valence-corrected chi connectivity index (χ1v) is 11.1. The van der Waals surface area contributed by atoms with Crippen molar-refractivity contribution in [2.45, 2.75) is 32.1 Å². The number of methoxy groups -OCH3 is 2. The van der Waals surface area contributed by atoms with Crippen molar-refractivity contribution in [2.75, 3.05) is 40.5 Å². The van der Waals surface area contributed by atoms with Gasteiger partial charge in [0.25, 0.3) is 0 Å². The van der Waals surface area contributed by atoms with Crippen molar-refractivity contribution >= 4 is 5.91 Å². The highest BCUT2D eigenvalue weighted by atomic mass is 16.6. The minimum absolute atomic E-state index is 0.0286. The van der Waals surface area contributed by atoms with Crippen LogP contribution in [0.1, 0.15) is 43.2 Å². The summed E-state index contributed by atoms with van der Waals surface area (Å²) in [5.41, 5.74) is 1.41. The van der Waals surface area contributed by atoms with E-state index in [9.17, 15) is 9.90 Å². The van der Waals surface area contributed by atoms with Crippen LogP contribution in [0, 0.1) is 5.92 Å². The number of ether oxygens (including phenoxy) is 4. The first-order valence-electron chi connectivity index (χ1n) is 11.1. The lowest BCUT2D eigenvalue weighted by atomic mass is 9.86. The Labute approximate surface area is 188 Å². The van der Waals surface area contributed by atoms with Crippen molar-refractivity contribution in [3.8, 4) is 28.7 Å². The number of carbonyl (C=O) groups excluding carboxylic acids is 1. The number of phenolic OH excluding ortho intramolecular Hbond substituents is 1. The van der Waals surface area contributed by atoms with Crippen molar-refractivity contribution in [3.05, 3.63) is 41.5 Å². The molecule has 7 nitrogen and oxygen atoms in total. The smallest absolute Gasteiger partial charge is 0.223 e. The van der Waals surface area contributed by atoms with E-state index in [-0.39, 0.29) is 18.1 Å². The lowest BCUT2D eigenvalue weighted by molar-refractivity contribution is -0.133. The highest BCUT2D eigenvalue weighted by Crippen LogP contribution is 2.45. The second-order valence-electron chi connectivity index (χ2n) is 8.51. The molecule has 0 aliphatic carbocycles. The Bertz CT molecular complexity index is 975. The van der Waals surface area contributed by atoms with Crippen LogP contribution in [0.2, 0.25) is 0 Å². The van der Waals surface area contributed by atoms with Gasteiger partial charge in [-0.15, -0.1) is 0 Å². The van der Waals surface area contributed by atoms with E-state index in [1.807, 2.05) is 23.1 Å². The molecule has 0 spiro atoms. The van der Waals surface area contributed by atoms with Gasteiger partial charge in [-0.05, 0) is 36.5 Å². The topological polar surface area (TPSA) is 77.5 Å². The number of piperidine rings is 1. The molecule has 0 bridgehead atoms. The summed E-state index contributed by atoms with van der Waals surface area (Å²) in [7, 11) is 3.08. The maximum atomic E-state index is 13.3. The minimum atomic E-state index is -0.420. The predicted molar refractivity (Wildman–Crippen MR) is 120 cm³/mol. The number of hydrogen-bond donors (Lipinski definition) is 1. The van der Waals surface area contributed by atoms with Gasteiger partial charge in [0.2, 0.25) is 5.91 Å². The van der Waals surface area contributed by atoms with E-state index >= 15 is 0 Å². The summed E-state index contributed by atoms with van der Waals surface area (Å²) < 4.78 is 22.3. The molecule has 2 heterocycles. The summed E-state index contributed by atoms with van der Waals surface area (Å²) in [5.74, 6) is 2.45. The number of carbonyl (C=O) groups is 1. The fourth-order valence-corrected chi connectivity index (χ4v) is 4.61. The van der Waals surface area contributed by atoms with Crippen molar-refractivity contribution in [1.82, 2.24) is 4.90 Å². The third-order valence-corrected chi connectivity index (χ3v) is 6.25. The van der Waals surface area contributed by atoms with Crippen LogP contribution in [-0.2, 0) is 4.79 Å². The van der Waals surface area contributed by atoms with Crippen LogP contribution < -0.4 is 18.9 Å². The summed E-state index contributed by atoms with van der Waals surface area (Å²) in [4.78, 5) is 15.3. The molecule has 7 heteroatoms. The SMILES string of the molecule is COc1cc(O)c(C(CC(=O)N2CCCC(C)C2)c2ccc3c(c2)OCCO3)c(OC)c1. The largest absolute Gasteiger partial charge is 0.507 e. The molecule has 2 aromatic carbocycles. The second-order valence-corrected chi connectivity index (χ2v) is 8.51. The average Bonchev–Trinajstić information content (AvgIpc) is 2.81. The monoisotopic (exact) mass is 441 g/mol. The molecular weight excluding hydrogens is 410 g/mol. The van der Waals surface area contributed by atoms with Crippen LogP contribution >= 0.6 is 0 Å². The van der Waals surface area contributed by atoms with Gasteiger partial charge in [0.05, 0.1) is 14.2 Å². The molecule has 2 aromatic rings. The van der Waals surface area contributed by atoms with Gasteiger partial charge in [-0.2, -0.15) is 0 Å². The molecule has 1 amide bonds. The van der Waals surface area contributed by atoms with Crippen LogP contribution in [0.3, 0.4) is 0 Å². The van der Waals surface area contributed by atoms with Crippen molar-refractivity contribution in [1.29, 1.82) is 0 Å². The number of likely N-dealkylation sites (tertiary alicyclic amines) is 1. The highest BCUT2D eigenvalue weighted by Gasteiger charge is 2.30. The van der Waals surface area contributed by atoms with Gasteiger partial charge >= 0.3 is 0 Å². The molecule has 1 fully saturated rings. The van der Waals surface area contributed by atoms with Crippen molar-refractivity contribution < 1.29 is 28.8 Å². The third-order valence-electron chi connectivity index (χ3n) is 6.25. The van der Waals surface area contributed by atoms with Crippen LogP contribution in [0.15, 0.2) is 30.3 Å². The number of benzene rings is 2. The number of hydrogen-bond acceptors (Lipinski definition) is 6. The lowest BCUT2D eigenvalue weighted by Gasteiger charge is -2.32. The fraction of sp³-hybridized carbons (Fsp3) is 0.480. The number of nitrogens with zero attached hydrogens (tertiary/aromatic N) is 1. The second kappa shape index (κ2) is 9.59. The first-order chi connectivity index (χ1) is 15.5. The molecule has 2 atom stereocenters. The summed E-state index contributed by atoms with van der Waals surface area (Å²) in [6, 6.07) is 8.96. The Morgan fingerprint density at radius 1 is 1.16 bits per heavy atom. The molecule has 32 heavy (non-hydrogen) atoms. The van der Waals surface area contributed by atoms with Crippen molar-refractivity contribution in [3.63, 3.8) is 0 Å². The van der Waals surface area contributed by atoms with Gasteiger partial charge < -0.3 is 29.0 Å². The fourth-order valence-electron chi connectivity index (χ4n) is 4.61. The zero-order valence-electron chi connectivity index (χ0n) is 18.9. The van der Waals surface area contributed by atoms with E-state index < -0.39 is 5.92 Å². The van der Waals surface area contributed by atoms with Gasteiger partial charge in [0, 0.05) is 43.1 Å². The number of aromatic hydroxyl groups is 1. The third kappa shape index (κ3) is 4.56. The molecule has 1 N–H and O–H groups in total. The molecule has 2 unspecified atom stereocenters. The molecular formula is C25H31NO6. The molecule has 172 valence electrons. The minimum Gasteiger partial charge on any atom is -0.507 e. The Hall–Kier alpha value is -3.09. The predicted octanol–water partition coefficient (Wildman–Crippen LogP) is 3.96. The molecule has 0 saturated carbocycles. The van der Waals surface area contributed by atoms with E-state index in [0.29, 0.717) is 47.7 Å². The van der Waals surface area contributed by atoms with E-state index in [2.05, 4.69) is 6.92 Å². The molecule has 1 saturated heterocycles. The Morgan fingerprint density at radius 3 is 2.66 bits per heavy atom. The highest BCUT2D eigenvalue weighted by molar-refractivity contribution is 5.78. The lowest BCUT2D eigenvalue weighted by Crippen LogP contribution is -2.39. The molecule has 4 rings (SSSR count). The quantitative estimate of drug-likeness (QED) is 0.731. The van der Waals surface area contributed by atoms with E-state index in [1.54, 1.807) is 19.2 Å². The van der Waals surface area contributed by atoms with Crippen molar-refractivity contribution in [2.24, 2.45) is 5.92 Å². The van der Waals surface area contributed by atoms with Gasteiger partial charge in [0.1, 0.15) is 30.5 Å². The van der Waals surface area contributed by atoms with Crippen LogP contribution in [0.4, 0.5) is 0 Å². The van der Waals surface area contributed by atoms with Gasteiger partial charge in [-0.3, -0.25) is 4.79 Å². The maximum absolute atomic E-state index is 13.3. The van der Waals surface area contributed by atoms with E-state index in [4.69, 9.17) is 18.9 Å². The van der Waals surface area contributed by atoms with Crippen LogP contribution in [0.5, 0.6) is 28.7 Å². The van der Waals surface area contributed by atoms with Gasteiger partial charge in [-0.25, -0.2) is 0 Å². The molecule has 2 aliphatic rings. The number of phenols is 1. The molecule has 0 radical (unpaired) electrons. The standard InChI is InChI=1S/C25H31NO6/c1-16-5-4-8-26(15-16)24(28)14-19(17-6-7-21-22(11-17)32-10-9-31-21)25-20(27)12-18(29-2)13-23(25)30-3/h6-7,11-13,16,19,27H,4-5,8-10,14-15H2,1-3H3. The normalized spacial score (nSPS) is 18.7. The Kier molecular flexibility index (Phi) is 6.63. The van der Waals surface area contributed by atoms with E-state index in [0.717, 1.165) is 31.5 Å². The number of amides is 1. The first kappa shape index (κ1) is 22.1. The van der Waals surface area contributed by atoms with Crippen LogP contribution in [0.25, 0.3) is 0 Å². The summed E-state index contributed by atoms with van der Waals surface area (Å²) in [6.07, 6.45) is 2.36. The van der Waals surface area contributed by atoms with Gasteiger partial charge in [0.15, 0.2) is 11.5 Å². The molecule has 2 aliphatic heterocycles. The Balaban J connectivity index is 1.74. The van der Waals surface area contributed by atoms with Crippen LogP contribution in [-0.4, -0.2) is 56.4 Å².